The highest BCUT2D eigenvalue weighted by Crippen LogP contribution is 2.35. The molecule has 0 radical (unpaired) electrons. The lowest BCUT2D eigenvalue weighted by Gasteiger charge is -2.34. The van der Waals surface area contributed by atoms with Crippen LogP contribution >= 0.6 is 11.6 Å². The van der Waals surface area contributed by atoms with E-state index in [0.29, 0.717) is 35.9 Å². The number of hydrogen-bond donors (Lipinski definition) is 3. The van der Waals surface area contributed by atoms with E-state index in [1.807, 2.05) is 24.3 Å². The Hall–Kier alpha value is -1.92. The molecule has 1 aliphatic carbocycles. The molecule has 3 atom stereocenters. The number of benzene rings is 1. The number of nitrogens with zero attached hydrogens (tertiary/aromatic N) is 2. The lowest BCUT2D eigenvalue weighted by atomic mass is 9.73. The topological polar surface area (TPSA) is 75.9 Å². The summed E-state index contributed by atoms with van der Waals surface area (Å²) in [7, 11) is 0. The first-order valence-corrected chi connectivity index (χ1v) is 10.9. The van der Waals surface area contributed by atoms with E-state index in [2.05, 4.69) is 27.5 Å². The highest BCUT2D eigenvalue weighted by atomic mass is 35.5. The maximum atomic E-state index is 14.2. The average Bonchev–Trinajstić information content (AvgIpc) is 2.73. The molecule has 29 heavy (non-hydrogen) atoms. The summed E-state index contributed by atoms with van der Waals surface area (Å²) >= 11 is 6.18. The fraction of sp³-hybridized carbons (Fsp3) is 0.545. The molecule has 4 N–H and O–H groups in total. The van der Waals surface area contributed by atoms with Crippen LogP contribution in [0.5, 0.6) is 0 Å². The molecule has 1 aromatic heterocycles. The molecular weight excluding hydrogens is 389 g/mol. The summed E-state index contributed by atoms with van der Waals surface area (Å²) < 4.78 is 14.2. The minimum atomic E-state index is -0.440. The van der Waals surface area contributed by atoms with Gasteiger partial charge in [-0.1, -0.05) is 49.6 Å². The van der Waals surface area contributed by atoms with Gasteiger partial charge in [0, 0.05) is 18.1 Å². The molecule has 0 amide bonds. The second kappa shape index (κ2) is 10.7. The number of rotatable bonds is 9. The summed E-state index contributed by atoms with van der Waals surface area (Å²) in [6, 6.07) is 7.57. The van der Waals surface area contributed by atoms with E-state index in [0.717, 1.165) is 24.4 Å². The monoisotopic (exact) mass is 419 g/mol. The Morgan fingerprint density at radius 1 is 1.14 bits per heavy atom. The Labute approximate surface area is 177 Å². The number of hydrogen-bond acceptors (Lipinski definition) is 5. The van der Waals surface area contributed by atoms with Crippen molar-refractivity contribution in [1.82, 2.24) is 9.97 Å². The highest BCUT2D eigenvalue weighted by Gasteiger charge is 2.27. The van der Waals surface area contributed by atoms with Crippen molar-refractivity contribution in [2.24, 2.45) is 23.5 Å². The molecule has 0 bridgehead atoms. The minimum absolute atomic E-state index is 0.239. The summed E-state index contributed by atoms with van der Waals surface area (Å²) in [6.07, 6.45) is 7.12. The van der Waals surface area contributed by atoms with Gasteiger partial charge in [-0.3, -0.25) is 0 Å². The van der Waals surface area contributed by atoms with Gasteiger partial charge in [-0.25, -0.2) is 9.37 Å². The van der Waals surface area contributed by atoms with Crippen LogP contribution in [0.1, 0.15) is 44.6 Å². The molecule has 2 aromatic rings. The second-order valence-corrected chi connectivity index (χ2v) is 8.45. The Morgan fingerprint density at radius 3 is 2.66 bits per heavy atom. The lowest BCUT2D eigenvalue weighted by molar-refractivity contribution is 0.196. The Morgan fingerprint density at radius 2 is 1.90 bits per heavy atom. The number of nitrogens with two attached hydrogens (primary N) is 1. The molecule has 1 saturated carbocycles. The normalized spacial score (nSPS) is 21.7. The maximum absolute atomic E-state index is 14.2. The third-order valence-corrected chi connectivity index (χ3v) is 6.10. The molecule has 0 spiro atoms. The van der Waals surface area contributed by atoms with Gasteiger partial charge in [-0.05, 0) is 55.2 Å². The third-order valence-electron chi connectivity index (χ3n) is 5.73. The van der Waals surface area contributed by atoms with Crippen molar-refractivity contribution in [3.63, 3.8) is 0 Å². The van der Waals surface area contributed by atoms with Crippen LogP contribution in [-0.4, -0.2) is 23.1 Å². The molecule has 1 fully saturated rings. The van der Waals surface area contributed by atoms with E-state index in [4.69, 9.17) is 17.3 Å². The summed E-state index contributed by atoms with van der Waals surface area (Å²) in [5.41, 5.74) is 6.89. The molecule has 5 nitrogen and oxygen atoms in total. The SMILES string of the molecule is CCCC1C[C@@H](CN)C[C@H](CNc2nc(NCc3ccccc3Cl)ncc2F)C1. The fourth-order valence-corrected chi connectivity index (χ4v) is 4.54. The number of aromatic nitrogens is 2. The third kappa shape index (κ3) is 6.28. The molecular formula is C22H31ClFN5. The summed E-state index contributed by atoms with van der Waals surface area (Å²) in [4.78, 5) is 8.36. The van der Waals surface area contributed by atoms with Crippen molar-refractivity contribution >= 4 is 23.4 Å². The van der Waals surface area contributed by atoms with E-state index in [1.54, 1.807) is 0 Å². The zero-order valence-electron chi connectivity index (χ0n) is 17.0. The predicted octanol–water partition coefficient (Wildman–Crippen LogP) is 5.08. The van der Waals surface area contributed by atoms with Gasteiger partial charge in [0.15, 0.2) is 11.6 Å². The van der Waals surface area contributed by atoms with Crippen LogP contribution in [0.25, 0.3) is 0 Å². The number of anilines is 2. The predicted molar refractivity (Wildman–Crippen MR) is 118 cm³/mol. The van der Waals surface area contributed by atoms with Crippen molar-refractivity contribution < 1.29 is 4.39 Å². The first-order chi connectivity index (χ1) is 14.1. The summed E-state index contributed by atoms with van der Waals surface area (Å²) in [5, 5.41) is 7.00. The Kier molecular flexibility index (Phi) is 8.07. The van der Waals surface area contributed by atoms with Gasteiger partial charge in [0.25, 0.3) is 0 Å². The molecule has 1 aliphatic rings. The smallest absolute Gasteiger partial charge is 0.225 e. The van der Waals surface area contributed by atoms with Crippen LogP contribution in [0.15, 0.2) is 30.5 Å². The molecule has 158 valence electrons. The standard InChI is InChI=1S/C22H31ClFN5/c1-2-5-15-8-16(11-25)10-17(9-15)12-26-21-20(24)14-28-22(29-21)27-13-18-6-3-4-7-19(18)23/h3-4,6-7,14-17H,2,5,8-13,25H2,1H3,(H2,26,27,28,29)/t15?,16-,17-/m1/s1. The molecule has 1 aromatic carbocycles. The van der Waals surface area contributed by atoms with Crippen molar-refractivity contribution in [3.05, 3.63) is 46.9 Å². The van der Waals surface area contributed by atoms with Crippen LogP contribution in [0.4, 0.5) is 16.2 Å². The van der Waals surface area contributed by atoms with Crippen molar-refractivity contribution in [3.8, 4) is 0 Å². The number of halogens is 2. The molecule has 7 heteroatoms. The van der Waals surface area contributed by atoms with Gasteiger partial charge in [-0.2, -0.15) is 4.98 Å². The van der Waals surface area contributed by atoms with Gasteiger partial charge in [0.1, 0.15) is 0 Å². The van der Waals surface area contributed by atoms with Crippen molar-refractivity contribution in [1.29, 1.82) is 0 Å². The summed E-state index contributed by atoms with van der Waals surface area (Å²) in [5.74, 6) is 1.95. The van der Waals surface area contributed by atoms with Gasteiger partial charge in [0.05, 0.1) is 6.20 Å². The van der Waals surface area contributed by atoms with Gasteiger partial charge in [0.2, 0.25) is 5.95 Å². The molecule has 1 heterocycles. The van der Waals surface area contributed by atoms with Crippen LogP contribution in [0, 0.1) is 23.6 Å². The van der Waals surface area contributed by atoms with Crippen LogP contribution < -0.4 is 16.4 Å². The maximum Gasteiger partial charge on any atom is 0.225 e. The van der Waals surface area contributed by atoms with Crippen LogP contribution in [-0.2, 0) is 6.54 Å². The van der Waals surface area contributed by atoms with E-state index in [9.17, 15) is 4.39 Å². The average molecular weight is 420 g/mol. The van der Waals surface area contributed by atoms with E-state index < -0.39 is 5.82 Å². The quantitative estimate of drug-likeness (QED) is 0.528. The van der Waals surface area contributed by atoms with E-state index in [1.165, 1.54) is 31.9 Å². The first kappa shape index (κ1) is 21.8. The molecule has 0 aliphatic heterocycles. The second-order valence-electron chi connectivity index (χ2n) is 8.05. The molecule has 1 unspecified atom stereocenters. The van der Waals surface area contributed by atoms with Crippen molar-refractivity contribution in [2.45, 2.75) is 45.6 Å². The van der Waals surface area contributed by atoms with Gasteiger partial charge < -0.3 is 16.4 Å². The van der Waals surface area contributed by atoms with E-state index in [-0.39, 0.29) is 5.82 Å². The Bertz CT molecular complexity index is 788. The van der Waals surface area contributed by atoms with Gasteiger partial charge >= 0.3 is 0 Å². The molecule has 3 rings (SSSR count). The fourth-order valence-electron chi connectivity index (χ4n) is 4.34. The lowest BCUT2D eigenvalue weighted by Crippen LogP contribution is -2.31. The summed E-state index contributed by atoms with van der Waals surface area (Å²) in [6.45, 7) is 4.14. The van der Waals surface area contributed by atoms with Crippen LogP contribution in [0.2, 0.25) is 5.02 Å². The largest absolute Gasteiger partial charge is 0.367 e. The van der Waals surface area contributed by atoms with Gasteiger partial charge in [-0.15, -0.1) is 0 Å². The minimum Gasteiger partial charge on any atom is -0.367 e. The van der Waals surface area contributed by atoms with Crippen molar-refractivity contribution in [2.75, 3.05) is 23.7 Å². The van der Waals surface area contributed by atoms with Crippen LogP contribution in [0.3, 0.4) is 0 Å². The molecule has 0 saturated heterocycles. The zero-order valence-corrected chi connectivity index (χ0v) is 17.8. The number of nitrogens with one attached hydrogen (secondary N) is 2. The zero-order chi connectivity index (χ0) is 20.6. The first-order valence-electron chi connectivity index (χ1n) is 10.5. The van der Waals surface area contributed by atoms with E-state index >= 15 is 0 Å². The highest BCUT2D eigenvalue weighted by molar-refractivity contribution is 6.31. The Balaban J connectivity index is 1.59.